The molecule has 138 valence electrons. The number of ether oxygens (including phenoxy) is 1. The average Bonchev–Trinajstić information content (AvgIpc) is 3.27. The van der Waals surface area contributed by atoms with Crippen molar-refractivity contribution in [3.05, 3.63) is 16.8 Å². The zero-order valence-corrected chi connectivity index (χ0v) is 15.9. The number of rotatable bonds is 4. The third kappa shape index (κ3) is 2.76. The summed E-state index contributed by atoms with van der Waals surface area (Å²) in [5.41, 5.74) is 2.40. The molecule has 5 rings (SSSR count). The number of fused-ring (bicyclic) bond motifs is 5. The maximum absolute atomic E-state index is 5.41. The maximum atomic E-state index is 5.41. The van der Waals surface area contributed by atoms with Gasteiger partial charge in [0.1, 0.15) is 11.2 Å². The molecule has 0 radical (unpaired) electrons. The minimum absolute atomic E-state index is 0.579. The van der Waals surface area contributed by atoms with Crippen LogP contribution in [0.1, 0.15) is 36.1 Å². The molecule has 0 amide bonds. The van der Waals surface area contributed by atoms with Crippen LogP contribution >= 0.6 is 11.3 Å². The molecule has 1 atom stereocenters. The van der Waals surface area contributed by atoms with Crippen molar-refractivity contribution in [2.24, 2.45) is 0 Å². The second-order valence-electron chi connectivity index (χ2n) is 7.22. The lowest BCUT2D eigenvalue weighted by Crippen LogP contribution is -2.39. The molecule has 0 spiro atoms. The van der Waals surface area contributed by atoms with E-state index in [1.54, 1.807) is 6.33 Å². The van der Waals surface area contributed by atoms with Gasteiger partial charge in [-0.3, -0.25) is 4.90 Å². The summed E-state index contributed by atoms with van der Waals surface area (Å²) in [6, 6.07) is 0. The number of aromatic nitrogens is 4. The van der Waals surface area contributed by atoms with E-state index in [1.807, 2.05) is 15.9 Å². The Bertz CT molecular complexity index is 929. The van der Waals surface area contributed by atoms with Gasteiger partial charge in [-0.05, 0) is 30.7 Å². The molecule has 8 heteroatoms. The molecular formula is C18H24N6OS. The molecule has 0 aromatic carbocycles. The van der Waals surface area contributed by atoms with Crippen LogP contribution in [0.2, 0.25) is 0 Å². The molecule has 3 aromatic rings. The van der Waals surface area contributed by atoms with Crippen LogP contribution in [-0.4, -0.2) is 63.9 Å². The molecule has 1 aliphatic heterocycles. The first-order valence-corrected chi connectivity index (χ1v) is 10.3. The Morgan fingerprint density at radius 2 is 2.23 bits per heavy atom. The minimum Gasteiger partial charge on any atom is -0.379 e. The molecule has 3 aromatic heterocycles. The highest BCUT2D eigenvalue weighted by molar-refractivity contribution is 7.19. The van der Waals surface area contributed by atoms with Crippen molar-refractivity contribution in [3.63, 3.8) is 0 Å². The Hall–Kier alpha value is -1.77. The molecule has 0 unspecified atom stereocenters. The van der Waals surface area contributed by atoms with Crippen molar-refractivity contribution in [1.29, 1.82) is 0 Å². The molecule has 0 saturated carbocycles. The number of nitrogens with one attached hydrogen (secondary N) is 1. The fourth-order valence-corrected chi connectivity index (χ4v) is 5.50. The second kappa shape index (κ2) is 6.75. The third-order valence-corrected chi connectivity index (χ3v) is 6.69. The highest BCUT2D eigenvalue weighted by atomic mass is 32.1. The Balaban J connectivity index is 1.47. The van der Waals surface area contributed by atoms with Gasteiger partial charge in [0.15, 0.2) is 5.65 Å². The van der Waals surface area contributed by atoms with Gasteiger partial charge in [-0.25, -0.2) is 9.97 Å². The van der Waals surface area contributed by atoms with Gasteiger partial charge in [-0.15, -0.1) is 11.3 Å². The molecule has 1 saturated heterocycles. The van der Waals surface area contributed by atoms with Crippen molar-refractivity contribution in [1.82, 2.24) is 24.5 Å². The van der Waals surface area contributed by atoms with Gasteiger partial charge in [-0.2, -0.15) is 9.61 Å². The Morgan fingerprint density at radius 3 is 3.12 bits per heavy atom. The molecule has 0 bridgehead atoms. The van der Waals surface area contributed by atoms with Crippen LogP contribution < -0.4 is 5.32 Å². The van der Waals surface area contributed by atoms with E-state index < -0.39 is 0 Å². The third-order valence-electron chi connectivity index (χ3n) is 5.53. The quantitative estimate of drug-likeness (QED) is 0.759. The van der Waals surface area contributed by atoms with E-state index in [0.29, 0.717) is 5.92 Å². The monoisotopic (exact) mass is 372 g/mol. The van der Waals surface area contributed by atoms with Gasteiger partial charge >= 0.3 is 0 Å². The molecule has 2 aliphatic rings. The summed E-state index contributed by atoms with van der Waals surface area (Å²) in [6.45, 7) is 7.81. The molecule has 1 aliphatic carbocycles. The SMILES string of the molecule is C[C@H]1CCCc2sc3nc(NCCN4CCOCC4)n4ncnc4c3c21. The number of hydrogen-bond acceptors (Lipinski definition) is 7. The molecule has 1 N–H and O–H groups in total. The predicted octanol–water partition coefficient (Wildman–Crippen LogP) is 2.52. The Morgan fingerprint density at radius 1 is 1.35 bits per heavy atom. The first-order chi connectivity index (χ1) is 12.8. The van der Waals surface area contributed by atoms with E-state index in [1.165, 1.54) is 35.1 Å². The molecule has 26 heavy (non-hydrogen) atoms. The van der Waals surface area contributed by atoms with Gasteiger partial charge in [0.25, 0.3) is 0 Å². The second-order valence-corrected chi connectivity index (χ2v) is 8.31. The molecular weight excluding hydrogens is 348 g/mol. The van der Waals surface area contributed by atoms with Crippen LogP contribution in [0.5, 0.6) is 0 Å². The summed E-state index contributed by atoms with van der Waals surface area (Å²) >= 11 is 1.84. The lowest BCUT2D eigenvalue weighted by Gasteiger charge is -2.26. The van der Waals surface area contributed by atoms with E-state index in [2.05, 4.69) is 27.2 Å². The molecule has 4 heterocycles. The fourth-order valence-electron chi connectivity index (χ4n) is 4.17. The predicted molar refractivity (Wildman–Crippen MR) is 103 cm³/mol. The van der Waals surface area contributed by atoms with Gasteiger partial charge in [-0.1, -0.05) is 6.92 Å². The van der Waals surface area contributed by atoms with Crippen LogP contribution in [0.4, 0.5) is 5.95 Å². The van der Waals surface area contributed by atoms with Crippen molar-refractivity contribution < 1.29 is 4.74 Å². The zero-order chi connectivity index (χ0) is 17.5. The number of aryl methyl sites for hydroxylation is 1. The summed E-state index contributed by atoms with van der Waals surface area (Å²) in [6.07, 6.45) is 5.33. The lowest BCUT2D eigenvalue weighted by molar-refractivity contribution is 0.0398. The Labute approximate surface area is 156 Å². The van der Waals surface area contributed by atoms with Crippen LogP contribution in [0.15, 0.2) is 6.33 Å². The number of nitrogens with zero attached hydrogens (tertiary/aromatic N) is 5. The first-order valence-electron chi connectivity index (χ1n) is 9.50. The summed E-state index contributed by atoms with van der Waals surface area (Å²) in [4.78, 5) is 14.5. The smallest absolute Gasteiger partial charge is 0.227 e. The number of hydrogen-bond donors (Lipinski definition) is 1. The van der Waals surface area contributed by atoms with Gasteiger partial charge in [0, 0.05) is 31.1 Å². The van der Waals surface area contributed by atoms with Crippen LogP contribution in [0.3, 0.4) is 0 Å². The standard InChI is InChI=1S/C18H24N6OS/c1-12-3-2-4-13-14(12)15-16-20-11-21-24(16)18(22-17(15)26-13)19-5-6-23-7-9-25-10-8-23/h11-12H,2-10H2,1H3,(H,19,22)/t12-/m0/s1. The first kappa shape index (κ1) is 16.4. The minimum atomic E-state index is 0.579. The van der Waals surface area contributed by atoms with Crippen LogP contribution in [0.25, 0.3) is 15.9 Å². The summed E-state index contributed by atoms with van der Waals surface area (Å²) in [7, 11) is 0. The van der Waals surface area contributed by atoms with Gasteiger partial charge in [0.05, 0.1) is 18.6 Å². The summed E-state index contributed by atoms with van der Waals surface area (Å²) in [5.74, 6) is 1.37. The molecule has 1 fully saturated rings. The van der Waals surface area contributed by atoms with E-state index in [9.17, 15) is 0 Å². The van der Waals surface area contributed by atoms with Gasteiger partial charge in [0.2, 0.25) is 5.95 Å². The van der Waals surface area contributed by atoms with Crippen molar-refractivity contribution >= 4 is 33.1 Å². The number of anilines is 1. The number of morpholine rings is 1. The fraction of sp³-hybridized carbons (Fsp3) is 0.611. The number of thiophene rings is 1. The van der Waals surface area contributed by atoms with Crippen molar-refractivity contribution in [2.45, 2.75) is 32.1 Å². The normalized spacial score (nSPS) is 21.3. The summed E-state index contributed by atoms with van der Waals surface area (Å²) < 4.78 is 7.28. The van der Waals surface area contributed by atoms with E-state index in [0.717, 1.165) is 55.8 Å². The molecule has 7 nitrogen and oxygen atoms in total. The van der Waals surface area contributed by atoms with Gasteiger partial charge < -0.3 is 10.1 Å². The summed E-state index contributed by atoms with van der Waals surface area (Å²) in [5, 5.41) is 9.13. The average molecular weight is 372 g/mol. The highest BCUT2D eigenvalue weighted by Crippen LogP contribution is 2.43. The highest BCUT2D eigenvalue weighted by Gasteiger charge is 2.26. The van der Waals surface area contributed by atoms with Crippen LogP contribution in [-0.2, 0) is 11.2 Å². The van der Waals surface area contributed by atoms with E-state index >= 15 is 0 Å². The lowest BCUT2D eigenvalue weighted by atomic mass is 9.87. The van der Waals surface area contributed by atoms with E-state index in [-0.39, 0.29) is 0 Å². The zero-order valence-electron chi connectivity index (χ0n) is 15.1. The topological polar surface area (TPSA) is 67.6 Å². The van der Waals surface area contributed by atoms with Crippen molar-refractivity contribution in [2.75, 3.05) is 44.7 Å². The van der Waals surface area contributed by atoms with Crippen molar-refractivity contribution in [3.8, 4) is 0 Å². The maximum Gasteiger partial charge on any atom is 0.227 e. The largest absolute Gasteiger partial charge is 0.379 e. The van der Waals surface area contributed by atoms with Crippen LogP contribution in [0, 0.1) is 0 Å². The van der Waals surface area contributed by atoms with E-state index in [4.69, 9.17) is 9.72 Å². The Kier molecular flexibility index (Phi) is 4.26.